The Labute approximate surface area is 122 Å². The molecule has 20 heavy (non-hydrogen) atoms. The number of carbonyl (C=O) groups excluding carboxylic acids is 1. The maximum absolute atomic E-state index is 12.3. The van der Waals surface area contributed by atoms with Crippen molar-refractivity contribution in [3.8, 4) is 0 Å². The van der Waals surface area contributed by atoms with E-state index in [1.165, 1.54) is 6.20 Å². The lowest BCUT2D eigenvalue weighted by Gasteiger charge is -2.32. The van der Waals surface area contributed by atoms with Gasteiger partial charge in [-0.2, -0.15) is 0 Å². The molecular weight excluding hydrogens is 280 g/mol. The largest absolute Gasteiger partial charge is 0.481 e. The standard InChI is InChI=1S/C14H17ClN2O3/c15-11-4-5-12(16-8-11)14(20)17-7-1-2-10(9-17)3-6-13(18)19/h4-5,8,10H,1-3,6-7,9H2,(H,18,19)/t10-/m1/s1. The number of rotatable bonds is 4. The molecule has 0 unspecified atom stereocenters. The third kappa shape index (κ3) is 3.93. The molecule has 1 fully saturated rings. The van der Waals surface area contributed by atoms with Gasteiger partial charge in [-0.05, 0) is 37.3 Å². The van der Waals surface area contributed by atoms with Gasteiger partial charge in [0.05, 0.1) is 5.02 Å². The summed E-state index contributed by atoms with van der Waals surface area (Å²) in [6, 6.07) is 3.26. The fourth-order valence-corrected chi connectivity index (χ4v) is 2.59. The van der Waals surface area contributed by atoms with Gasteiger partial charge >= 0.3 is 5.97 Å². The Morgan fingerprint density at radius 1 is 1.45 bits per heavy atom. The van der Waals surface area contributed by atoms with Crippen molar-refractivity contribution in [2.75, 3.05) is 13.1 Å². The van der Waals surface area contributed by atoms with Gasteiger partial charge in [0.1, 0.15) is 5.69 Å². The Hall–Kier alpha value is -1.62. The van der Waals surface area contributed by atoms with Gasteiger partial charge in [0.15, 0.2) is 0 Å². The van der Waals surface area contributed by atoms with E-state index >= 15 is 0 Å². The van der Waals surface area contributed by atoms with Crippen LogP contribution in [0.1, 0.15) is 36.2 Å². The van der Waals surface area contributed by atoms with E-state index in [-0.39, 0.29) is 18.2 Å². The van der Waals surface area contributed by atoms with Gasteiger partial charge in [-0.1, -0.05) is 11.6 Å². The van der Waals surface area contributed by atoms with Gasteiger partial charge in [0.2, 0.25) is 0 Å². The third-order valence-electron chi connectivity index (χ3n) is 3.52. The lowest BCUT2D eigenvalue weighted by atomic mass is 9.93. The first-order chi connectivity index (χ1) is 9.56. The van der Waals surface area contributed by atoms with Crippen LogP contribution in [0.2, 0.25) is 5.02 Å². The molecular formula is C14H17ClN2O3. The molecule has 5 nitrogen and oxygen atoms in total. The first-order valence-electron chi connectivity index (χ1n) is 6.69. The maximum Gasteiger partial charge on any atom is 0.303 e. The number of carbonyl (C=O) groups is 2. The quantitative estimate of drug-likeness (QED) is 0.926. The second-order valence-corrected chi connectivity index (χ2v) is 5.49. The fraction of sp³-hybridized carbons (Fsp3) is 0.500. The Morgan fingerprint density at radius 3 is 2.90 bits per heavy atom. The Kier molecular flexibility index (Phi) is 4.95. The Balaban J connectivity index is 1.96. The average molecular weight is 297 g/mol. The van der Waals surface area contributed by atoms with Gasteiger partial charge in [-0.25, -0.2) is 4.98 Å². The molecule has 1 amide bonds. The zero-order valence-corrected chi connectivity index (χ0v) is 11.8. The molecule has 0 aliphatic carbocycles. The molecule has 1 aliphatic rings. The maximum atomic E-state index is 12.3. The monoisotopic (exact) mass is 296 g/mol. The van der Waals surface area contributed by atoms with Gasteiger partial charge in [0, 0.05) is 25.7 Å². The van der Waals surface area contributed by atoms with E-state index in [1.807, 2.05) is 0 Å². The van der Waals surface area contributed by atoms with Crippen molar-refractivity contribution in [1.82, 2.24) is 9.88 Å². The molecule has 0 aromatic carbocycles. The number of amides is 1. The summed E-state index contributed by atoms with van der Waals surface area (Å²) in [5, 5.41) is 9.22. The average Bonchev–Trinajstić information content (AvgIpc) is 2.45. The van der Waals surface area contributed by atoms with E-state index in [2.05, 4.69) is 4.98 Å². The smallest absolute Gasteiger partial charge is 0.303 e. The molecule has 1 saturated heterocycles. The summed E-state index contributed by atoms with van der Waals surface area (Å²) in [6.45, 7) is 1.31. The lowest BCUT2D eigenvalue weighted by molar-refractivity contribution is -0.137. The van der Waals surface area contributed by atoms with Crippen LogP contribution in [0.3, 0.4) is 0 Å². The zero-order chi connectivity index (χ0) is 14.5. The molecule has 0 saturated carbocycles. The molecule has 1 aliphatic heterocycles. The molecule has 2 heterocycles. The van der Waals surface area contributed by atoms with E-state index < -0.39 is 5.97 Å². The first kappa shape index (κ1) is 14.8. The normalized spacial score (nSPS) is 18.9. The SMILES string of the molecule is O=C(O)CC[C@H]1CCCN(C(=O)c2ccc(Cl)cn2)C1. The van der Waals surface area contributed by atoms with Gasteiger partial charge in [0.25, 0.3) is 5.91 Å². The van der Waals surface area contributed by atoms with Crippen LogP contribution in [0.25, 0.3) is 0 Å². The number of carboxylic acid groups (broad SMARTS) is 1. The van der Waals surface area contributed by atoms with Crippen LogP contribution < -0.4 is 0 Å². The highest BCUT2D eigenvalue weighted by atomic mass is 35.5. The topological polar surface area (TPSA) is 70.5 Å². The summed E-state index contributed by atoms with van der Waals surface area (Å²) in [5.74, 6) is -0.634. The number of likely N-dealkylation sites (tertiary alicyclic amines) is 1. The van der Waals surface area contributed by atoms with E-state index in [9.17, 15) is 9.59 Å². The molecule has 2 rings (SSSR count). The number of nitrogens with zero attached hydrogens (tertiary/aromatic N) is 2. The van der Waals surface area contributed by atoms with E-state index in [0.29, 0.717) is 30.2 Å². The number of piperidine rings is 1. The predicted octanol–water partition coefficient (Wildman–Crippen LogP) is 2.45. The lowest BCUT2D eigenvalue weighted by Crippen LogP contribution is -2.40. The first-order valence-corrected chi connectivity index (χ1v) is 7.06. The number of aromatic nitrogens is 1. The number of carboxylic acids is 1. The molecule has 108 valence electrons. The van der Waals surface area contributed by atoms with Crippen molar-refractivity contribution in [3.63, 3.8) is 0 Å². The third-order valence-corrected chi connectivity index (χ3v) is 3.74. The highest BCUT2D eigenvalue weighted by Crippen LogP contribution is 2.22. The molecule has 1 aromatic rings. The van der Waals surface area contributed by atoms with Crippen molar-refractivity contribution >= 4 is 23.5 Å². The summed E-state index contributed by atoms with van der Waals surface area (Å²) in [7, 11) is 0. The van der Waals surface area contributed by atoms with Crippen LogP contribution in [-0.2, 0) is 4.79 Å². The minimum Gasteiger partial charge on any atom is -0.481 e. The number of hydrogen-bond donors (Lipinski definition) is 1. The minimum absolute atomic E-state index is 0.110. The molecule has 1 N–H and O–H groups in total. The summed E-state index contributed by atoms with van der Waals surface area (Å²) < 4.78 is 0. The van der Waals surface area contributed by atoms with Crippen LogP contribution in [0.5, 0.6) is 0 Å². The Bertz CT molecular complexity index is 490. The second kappa shape index (κ2) is 6.70. The second-order valence-electron chi connectivity index (χ2n) is 5.05. The summed E-state index contributed by atoms with van der Waals surface area (Å²) in [5.41, 5.74) is 0.383. The van der Waals surface area contributed by atoms with Crippen LogP contribution in [-0.4, -0.2) is 40.0 Å². The highest BCUT2D eigenvalue weighted by molar-refractivity contribution is 6.30. The minimum atomic E-state index is -0.784. The van der Waals surface area contributed by atoms with Crippen LogP contribution in [0.15, 0.2) is 18.3 Å². The number of hydrogen-bond acceptors (Lipinski definition) is 3. The van der Waals surface area contributed by atoms with Gasteiger partial charge < -0.3 is 10.0 Å². The van der Waals surface area contributed by atoms with Crippen molar-refractivity contribution in [2.45, 2.75) is 25.7 Å². The van der Waals surface area contributed by atoms with Gasteiger partial charge in [-0.3, -0.25) is 9.59 Å². The van der Waals surface area contributed by atoms with Crippen LogP contribution in [0.4, 0.5) is 0 Å². The van der Waals surface area contributed by atoms with Crippen LogP contribution in [0, 0.1) is 5.92 Å². The molecule has 0 radical (unpaired) electrons. The van der Waals surface area contributed by atoms with E-state index in [1.54, 1.807) is 17.0 Å². The van der Waals surface area contributed by atoms with E-state index in [4.69, 9.17) is 16.7 Å². The van der Waals surface area contributed by atoms with Crippen molar-refractivity contribution in [1.29, 1.82) is 0 Å². The molecule has 0 spiro atoms. The van der Waals surface area contributed by atoms with E-state index in [0.717, 1.165) is 12.8 Å². The van der Waals surface area contributed by atoms with Gasteiger partial charge in [-0.15, -0.1) is 0 Å². The number of halogens is 1. The summed E-state index contributed by atoms with van der Waals surface area (Å²) >= 11 is 5.75. The fourth-order valence-electron chi connectivity index (χ4n) is 2.48. The zero-order valence-electron chi connectivity index (χ0n) is 11.1. The molecule has 1 aromatic heterocycles. The van der Waals surface area contributed by atoms with Crippen LogP contribution >= 0.6 is 11.6 Å². The van der Waals surface area contributed by atoms with Crippen molar-refractivity contribution in [2.24, 2.45) is 5.92 Å². The molecule has 0 bridgehead atoms. The number of aliphatic carboxylic acids is 1. The Morgan fingerprint density at radius 2 is 2.25 bits per heavy atom. The predicted molar refractivity (Wildman–Crippen MR) is 74.7 cm³/mol. The summed E-state index contributed by atoms with van der Waals surface area (Å²) in [4.78, 5) is 28.7. The molecule has 1 atom stereocenters. The molecule has 6 heteroatoms. The summed E-state index contributed by atoms with van der Waals surface area (Å²) in [6.07, 6.45) is 4.12. The number of pyridine rings is 1. The highest BCUT2D eigenvalue weighted by Gasteiger charge is 2.25. The van der Waals surface area contributed by atoms with Crippen molar-refractivity contribution in [3.05, 3.63) is 29.0 Å². The van der Waals surface area contributed by atoms with Crippen molar-refractivity contribution < 1.29 is 14.7 Å².